The van der Waals surface area contributed by atoms with Crippen molar-refractivity contribution in [3.8, 4) is 0 Å². The van der Waals surface area contributed by atoms with Crippen LogP contribution in [-0.2, 0) is 9.59 Å². The molecule has 2 aromatic carbocycles. The number of nitrogens with zero attached hydrogens (tertiary/aromatic N) is 1. The van der Waals surface area contributed by atoms with Crippen LogP contribution in [0.3, 0.4) is 0 Å². The van der Waals surface area contributed by atoms with Gasteiger partial charge in [-0.15, -0.1) is 0 Å². The molecule has 5 heteroatoms. The molecule has 1 amide bonds. The smallest absolute Gasteiger partial charge is 0.251 e. The number of likely N-dealkylation sites (N-methyl/N-ethyl adjacent to an activating group) is 1. The highest BCUT2D eigenvalue weighted by molar-refractivity contribution is 6.30. The number of Topliss-reactive ketones (excluding diaryl/α,β-unsaturated/α-hetero) is 1. The minimum absolute atomic E-state index is 0.207. The maximum Gasteiger partial charge on any atom is 0.251 e. The molecule has 0 radical (unpaired) electrons. The number of hydrogen-bond donors (Lipinski definition) is 1. The number of carbonyl (C=O) groups excluding carboxylic acids is 2. The number of nitrogens with one attached hydrogen (secondary N) is 1. The Balaban J connectivity index is 2.20. The SMILES string of the molecule is CC(=O)C1NC(c2ccccc2)c2cc(Cl)ccc2N(C)C1=O. The number of anilines is 1. The number of ketones is 1. The fourth-order valence-electron chi connectivity index (χ4n) is 2.91. The lowest BCUT2D eigenvalue weighted by atomic mass is 9.96. The Kier molecular flexibility index (Phi) is 4.20. The zero-order chi connectivity index (χ0) is 16.6. The van der Waals surface area contributed by atoms with Gasteiger partial charge in [0.2, 0.25) is 0 Å². The Morgan fingerprint density at radius 2 is 1.87 bits per heavy atom. The van der Waals surface area contributed by atoms with Crippen LogP contribution in [0.2, 0.25) is 5.02 Å². The number of halogens is 1. The number of amides is 1. The van der Waals surface area contributed by atoms with E-state index in [4.69, 9.17) is 11.6 Å². The Morgan fingerprint density at radius 1 is 1.17 bits per heavy atom. The van der Waals surface area contributed by atoms with Crippen molar-refractivity contribution in [1.82, 2.24) is 5.32 Å². The summed E-state index contributed by atoms with van der Waals surface area (Å²) in [5.74, 6) is -0.471. The van der Waals surface area contributed by atoms with Gasteiger partial charge in [0.25, 0.3) is 5.91 Å². The van der Waals surface area contributed by atoms with Crippen LogP contribution < -0.4 is 10.2 Å². The lowest BCUT2D eigenvalue weighted by Crippen LogP contribution is -2.48. The molecule has 1 N–H and O–H groups in total. The average molecular weight is 329 g/mol. The van der Waals surface area contributed by atoms with Gasteiger partial charge in [-0.2, -0.15) is 0 Å². The van der Waals surface area contributed by atoms with Crippen LogP contribution >= 0.6 is 11.6 Å². The Hall–Kier alpha value is -2.17. The van der Waals surface area contributed by atoms with E-state index in [1.807, 2.05) is 42.5 Å². The molecule has 2 atom stereocenters. The van der Waals surface area contributed by atoms with Gasteiger partial charge in [0.1, 0.15) is 6.04 Å². The molecule has 0 bridgehead atoms. The summed E-state index contributed by atoms with van der Waals surface area (Å²) in [4.78, 5) is 26.1. The maximum absolute atomic E-state index is 12.6. The van der Waals surface area contributed by atoms with Gasteiger partial charge >= 0.3 is 0 Å². The maximum atomic E-state index is 12.6. The lowest BCUT2D eigenvalue weighted by molar-refractivity contribution is -0.128. The van der Waals surface area contributed by atoms with Gasteiger partial charge in [0.15, 0.2) is 5.78 Å². The number of benzene rings is 2. The Labute approximate surface area is 140 Å². The molecular weight excluding hydrogens is 312 g/mol. The van der Waals surface area contributed by atoms with Crippen molar-refractivity contribution in [2.45, 2.75) is 19.0 Å². The highest BCUT2D eigenvalue weighted by Gasteiger charge is 2.35. The fraction of sp³-hybridized carbons (Fsp3) is 0.222. The fourth-order valence-corrected chi connectivity index (χ4v) is 3.10. The van der Waals surface area contributed by atoms with Gasteiger partial charge in [-0.3, -0.25) is 14.9 Å². The van der Waals surface area contributed by atoms with E-state index >= 15 is 0 Å². The second-order valence-electron chi connectivity index (χ2n) is 5.65. The van der Waals surface area contributed by atoms with E-state index in [0.717, 1.165) is 16.8 Å². The first-order valence-corrected chi connectivity index (χ1v) is 7.75. The van der Waals surface area contributed by atoms with Crippen LogP contribution in [0.25, 0.3) is 0 Å². The first-order chi connectivity index (χ1) is 11.0. The normalized spacial score (nSPS) is 20.8. The van der Waals surface area contributed by atoms with Crippen molar-refractivity contribution in [2.75, 3.05) is 11.9 Å². The molecule has 0 spiro atoms. The minimum atomic E-state index is -0.878. The molecule has 4 nitrogen and oxygen atoms in total. The van der Waals surface area contributed by atoms with Gasteiger partial charge in [-0.25, -0.2) is 0 Å². The van der Waals surface area contributed by atoms with E-state index in [1.54, 1.807) is 13.1 Å². The summed E-state index contributed by atoms with van der Waals surface area (Å²) >= 11 is 6.17. The highest BCUT2D eigenvalue weighted by atomic mass is 35.5. The van der Waals surface area contributed by atoms with Crippen LogP contribution in [0, 0.1) is 0 Å². The van der Waals surface area contributed by atoms with Crippen LogP contribution in [-0.4, -0.2) is 24.8 Å². The number of fused-ring (bicyclic) bond motifs is 1. The van der Waals surface area contributed by atoms with Crippen molar-refractivity contribution in [3.63, 3.8) is 0 Å². The first kappa shape index (κ1) is 15.7. The first-order valence-electron chi connectivity index (χ1n) is 7.37. The van der Waals surface area contributed by atoms with E-state index in [9.17, 15) is 9.59 Å². The second-order valence-corrected chi connectivity index (χ2v) is 6.09. The summed E-state index contributed by atoms with van der Waals surface area (Å²) in [5, 5.41) is 3.79. The molecule has 1 heterocycles. The summed E-state index contributed by atoms with van der Waals surface area (Å²) in [6.07, 6.45) is 0. The average Bonchev–Trinajstić information content (AvgIpc) is 2.64. The van der Waals surface area contributed by atoms with Crippen molar-refractivity contribution < 1.29 is 9.59 Å². The summed E-state index contributed by atoms with van der Waals surface area (Å²) in [5.41, 5.74) is 2.61. The summed E-state index contributed by atoms with van der Waals surface area (Å²) in [7, 11) is 1.68. The molecule has 2 aromatic rings. The Morgan fingerprint density at radius 3 is 2.52 bits per heavy atom. The van der Waals surface area contributed by atoms with Crippen molar-refractivity contribution in [2.24, 2.45) is 0 Å². The van der Waals surface area contributed by atoms with Crippen LogP contribution in [0.4, 0.5) is 5.69 Å². The largest absolute Gasteiger partial charge is 0.313 e. The predicted octanol–water partition coefficient (Wildman–Crippen LogP) is 2.95. The molecule has 0 aliphatic carbocycles. The zero-order valence-electron chi connectivity index (χ0n) is 12.9. The molecule has 0 saturated heterocycles. The molecule has 23 heavy (non-hydrogen) atoms. The van der Waals surface area contributed by atoms with E-state index in [-0.39, 0.29) is 17.7 Å². The second kappa shape index (κ2) is 6.14. The molecule has 2 unspecified atom stereocenters. The van der Waals surface area contributed by atoms with E-state index in [2.05, 4.69) is 5.32 Å². The minimum Gasteiger partial charge on any atom is -0.313 e. The summed E-state index contributed by atoms with van der Waals surface area (Å²) in [6.45, 7) is 1.43. The Bertz CT molecular complexity index is 761. The highest BCUT2D eigenvalue weighted by Crippen LogP contribution is 2.35. The van der Waals surface area contributed by atoms with Crippen LogP contribution in [0.15, 0.2) is 48.5 Å². The quantitative estimate of drug-likeness (QED) is 0.862. The molecule has 0 aromatic heterocycles. The van der Waals surface area contributed by atoms with Crippen molar-refractivity contribution in [1.29, 1.82) is 0 Å². The predicted molar refractivity (Wildman–Crippen MR) is 90.8 cm³/mol. The van der Waals surface area contributed by atoms with Gasteiger partial charge in [0, 0.05) is 17.8 Å². The van der Waals surface area contributed by atoms with Crippen LogP contribution in [0.1, 0.15) is 24.1 Å². The summed E-state index contributed by atoms with van der Waals surface area (Å²) in [6, 6.07) is 14.0. The summed E-state index contributed by atoms with van der Waals surface area (Å²) < 4.78 is 0. The van der Waals surface area contributed by atoms with Gasteiger partial charge < -0.3 is 4.90 Å². The molecule has 0 saturated carbocycles. The topological polar surface area (TPSA) is 49.4 Å². The number of rotatable bonds is 2. The lowest BCUT2D eigenvalue weighted by Gasteiger charge is -2.21. The third-order valence-electron chi connectivity index (χ3n) is 4.11. The molecule has 1 aliphatic rings. The number of carbonyl (C=O) groups is 2. The van der Waals surface area contributed by atoms with Crippen molar-refractivity contribution in [3.05, 3.63) is 64.7 Å². The third-order valence-corrected chi connectivity index (χ3v) is 4.35. The van der Waals surface area contributed by atoms with Crippen molar-refractivity contribution >= 4 is 29.0 Å². The third kappa shape index (κ3) is 2.87. The molecule has 3 rings (SSSR count). The molecule has 1 aliphatic heterocycles. The van der Waals surface area contributed by atoms with Gasteiger partial charge in [0.05, 0.1) is 6.04 Å². The zero-order valence-corrected chi connectivity index (χ0v) is 13.7. The van der Waals surface area contributed by atoms with Gasteiger partial charge in [-0.05, 0) is 36.2 Å². The molecule has 118 valence electrons. The molecular formula is C18H17ClN2O2. The van der Waals surface area contributed by atoms with E-state index < -0.39 is 6.04 Å². The van der Waals surface area contributed by atoms with Gasteiger partial charge in [-0.1, -0.05) is 41.9 Å². The van der Waals surface area contributed by atoms with Crippen LogP contribution in [0.5, 0.6) is 0 Å². The molecule has 0 fully saturated rings. The van der Waals surface area contributed by atoms with E-state index in [1.165, 1.54) is 11.8 Å². The monoisotopic (exact) mass is 328 g/mol. The standard InChI is InChI=1S/C18H17ClN2O2/c1-11(22)16-18(23)21(2)15-9-8-13(19)10-14(15)17(20-16)12-6-4-3-5-7-12/h3-10,16-17,20H,1-2H3. The number of hydrogen-bond acceptors (Lipinski definition) is 3. The van der Waals surface area contributed by atoms with E-state index in [0.29, 0.717) is 5.02 Å².